The normalized spacial score (nSPS) is 18.5. The molecule has 2 aromatic rings. The van der Waals surface area contributed by atoms with Crippen molar-refractivity contribution in [3.05, 3.63) is 53.6 Å². The summed E-state index contributed by atoms with van der Waals surface area (Å²) < 4.78 is 11.1. The average molecular weight is 462 g/mol. The fourth-order valence-electron chi connectivity index (χ4n) is 4.63. The van der Waals surface area contributed by atoms with Crippen molar-refractivity contribution in [2.45, 2.75) is 32.6 Å². The van der Waals surface area contributed by atoms with Crippen LogP contribution in [0.1, 0.15) is 41.6 Å². The van der Waals surface area contributed by atoms with Crippen molar-refractivity contribution in [2.24, 2.45) is 11.0 Å². The summed E-state index contributed by atoms with van der Waals surface area (Å²) in [5.74, 6) is 0.907. The van der Waals surface area contributed by atoms with Gasteiger partial charge in [0.15, 0.2) is 17.3 Å². The first-order valence-electron chi connectivity index (χ1n) is 11.7. The van der Waals surface area contributed by atoms with Gasteiger partial charge < -0.3 is 14.4 Å². The van der Waals surface area contributed by atoms with Crippen LogP contribution in [-0.2, 0) is 9.59 Å². The minimum atomic E-state index is -0.157. The highest BCUT2D eigenvalue weighted by molar-refractivity contribution is 6.40. The smallest absolute Gasteiger partial charge is 0.270 e. The zero-order valence-corrected chi connectivity index (χ0v) is 19.2. The number of rotatable bonds is 4. The van der Waals surface area contributed by atoms with Crippen molar-refractivity contribution in [2.75, 3.05) is 31.3 Å². The second-order valence-electron chi connectivity index (χ2n) is 8.88. The molecule has 3 aliphatic rings. The Balaban J connectivity index is 1.24. The number of carbonyl (C=O) groups is 3. The standard InChI is InChI=1S/C26H27N3O5/c1-17-3-2-4-20(15-17)29-24(30)8-6-21(27-29)26(32)28-11-9-18(10-12-28)25(31)19-5-7-22-23(16-19)34-14-13-33-22/h2-5,7,15-16,18H,6,8-14H2,1H3. The van der Waals surface area contributed by atoms with Gasteiger partial charge in [0.2, 0.25) is 5.91 Å². The van der Waals surface area contributed by atoms with Gasteiger partial charge in [-0.3, -0.25) is 14.4 Å². The Morgan fingerprint density at radius 2 is 1.74 bits per heavy atom. The van der Waals surface area contributed by atoms with Crippen LogP contribution in [0.3, 0.4) is 0 Å². The minimum Gasteiger partial charge on any atom is -0.486 e. The lowest BCUT2D eigenvalue weighted by Gasteiger charge is -2.33. The van der Waals surface area contributed by atoms with Crippen LogP contribution >= 0.6 is 0 Å². The number of likely N-dealkylation sites (tertiary alicyclic amines) is 1. The molecule has 0 aliphatic carbocycles. The highest BCUT2D eigenvalue weighted by atomic mass is 16.6. The third-order valence-corrected chi connectivity index (χ3v) is 6.51. The first-order valence-corrected chi connectivity index (χ1v) is 11.7. The summed E-state index contributed by atoms with van der Waals surface area (Å²) in [4.78, 5) is 40.4. The SMILES string of the molecule is Cc1cccc(N2N=C(C(=O)N3CCC(C(=O)c4ccc5c(c4)OCCO5)CC3)CCC2=O)c1. The highest BCUT2D eigenvalue weighted by Crippen LogP contribution is 2.33. The van der Waals surface area contributed by atoms with Crippen LogP contribution in [0.15, 0.2) is 47.6 Å². The summed E-state index contributed by atoms with van der Waals surface area (Å²) in [7, 11) is 0. The van der Waals surface area contributed by atoms with Crippen molar-refractivity contribution in [3.63, 3.8) is 0 Å². The molecule has 0 spiro atoms. The largest absolute Gasteiger partial charge is 0.486 e. The maximum absolute atomic E-state index is 13.2. The van der Waals surface area contributed by atoms with Crippen LogP contribution in [0.25, 0.3) is 0 Å². The Labute approximate surface area is 198 Å². The van der Waals surface area contributed by atoms with Crippen LogP contribution in [0.4, 0.5) is 5.69 Å². The zero-order valence-electron chi connectivity index (χ0n) is 19.2. The van der Waals surface area contributed by atoms with Gasteiger partial charge in [0.05, 0.1) is 5.69 Å². The van der Waals surface area contributed by atoms with E-state index in [4.69, 9.17) is 9.47 Å². The molecule has 1 fully saturated rings. The van der Waals surface area contributed by atoms with Gasteiger partial charge in [-0.2, -0.15) is 5.10 Å². The number of amides is 2. The lowest BCUT2D eigenvalue weighted by Crippen LogP contribution is -2.45. The number of carbonyl (C=O) groups excluding carboxylic acids is 3. The number of benzene rings is 2. The van der Waals surface area contributed by atoms with Gasteiger partial charge in [-0.1, -0.05) is 12.1 Å². The summed E-state index contributed by atoms with van der Waals surface area (Å²) in [6.07, 6.45) is 1.76. The van der Waals surface area contributed by atoms with E-state index in [0.717, 1.165) is 5.56 Å². The number of anilines is 1. The van der Waals surface area contributed by atoms with Crippen LogP contribution in [0.2, 0.25) is 0 Å². The molecule has 3 aliphatic heterocycles. The van der Waals surface area contributed by atoms with E-state index in [2.05, 4.69) is 5.10 Å². The molecule has 0 N–H and O–H groups in total. The Kier molecular flexibility index (Phi) is 6.04. The number of Topliss-reactive ketones (excluding diaryl/α,β-unsaturated/α-hetero) is 1. The first-order chi connectivity index (χ1) is 16.5. The molecule has 5 rings (SSSR count). The Morgan fingerprint density at radius 1 is 0.971 bits per heavy atom. The summed E-state index contributed by atoms with van der Waals surface area (Å²) >= 11 is 0. The second-order valence-corrected chi connectivity index (χ2v) is 8.88. The quantitative estimate of drug-likeness (QED) is 0.652. The number of hydrogen-bond donors (Lipinski definition) is 0. The van der Waals surface area contributed by atoms with E-state index in [9.17, 15) is 14.4 Å². The summed E-state index contributed by atoms with van der Waals surface area (Å²) in [6.45, 7) is 3.90. The Hall–Kier alpha value is -3.68. The predicted octanol–water partition coefficient (Wildman–Crippen LogP) is 3.37. The summed E-state index contributed by atoms with van der Waals surface area (Å²) in [5.41, 5.74) is 2.68. The molecule has 8 nitrogen and oxygen atoms in total. The fraction of sp³-hybridized carbons (Fsp3) is 0.385. The second kappa shape index (κ2) is 9.29. The van der Waals surface area contributed by atoms with Crippen molar-refractivity contribution in [1.82, 2.24) is 4.90 Å². The van der Waals surface area contributed by atoms with Gasteiger partial charge in [0.25, 0.3) is 5.91 Å². The van der Waals surface area contributed by atoms with Gasteiger partial charge >= 0.3 is 0 Å². The van der Waals surface area contributed by atoms with Gasteiger partial charge in [0, 0.05) is 37.4 Å². The third-order valence-electron chi connectivity index (χ3n) is 6.51. The van der Waals surface area contributed by atoms with Gasteiger partial charge in [-0.05, 0) is 55.7 Å². The first kappa shape index (κ1) is 22.1. The van der Waals surface area contributed by atoms with Crippen LogP contribution < -0.4 is 14.5 Å². The number of hydrazone groups is 1. The summed E-state index contributed by atoms with van der Waals surface area (Å²) in [5, 5.41) is 5.74. The fourth-order valence-corrected chi connectivity index (χ4v) is 4.63. The van der Waals surface area contributed by atoms with Crippen molar-refractivity contribution < 1.29 is 23.9 Å². The molecular formula is C26H27N3O5. The molecule has 0 radical (unpaired) electrons. The molecule has 3 heterocycles. The molecule has 2 amide bonds. The lowest BCUT2D eigenvalue weighted by molar-refractivity contribution is -0.125. The van der Waals surface area contributed by atoms with Gasteiger partial charge in [0.1, 0.15) is 18.9 Å². The van der Waals surface area contributed by atoms with Crippen LogP contribution in [0, 0.1) is 12.8 Å². The number of piperidine rings is 1. The van der Waals surface area contributed by atoms with E-state index >= 15 is 0 Å². The van der Waals surface area contributed by atoms with Crippen LogP contribution in [-0.4, -0.2) is 54.5 Å². The maximum atomic E-state index is 13.2. The molecule has 2 aromatic carbocycles. The zero-order chi connectivity index (χ0) is 23.7. The molecule has 8 heteroatoms. The minimum absolute atomic E-state index is 0.0651. The molecule has 0 bridgehead atoms. The van der Waals surface area contributed by atoms with E-state index < -0.39 is 0 Å². The number of nitrogens with zero attached hydrogens (tertiary/aromatic N) is 3. The van der Waals surface area contributed by atoms with Gasteiger partial charge in [-0.15, -0.1) is 0 Å². The molecule has 0 saturated carbocycles. The van der Waals surface area contributed by atoms with Gasteiger partial charge in [-0.25, -0.2) is 5.01 Å². The molecular weight excluding hydrogens is 434 g/mol. The number of fused-ring (bicyclic) bond motifs is 1. The average Bonchev–Trinajstić information content (AvgIpc) is 2.88. The predicted molar refractivity (Wildman–Crippen MR) is 126 cm³/mol. The highest BCUT2D eigenvalue weighted by Gasteiger charge is 2.33. The molecule has 0 aromatic heterocycles. The van der Waals surface area contributed by atoms with E-state index in [1.165, 1.54) is 5.01 Å². The number of aryl methyl sites for hydroxylation is 1. The Morgan fingerprint density at radius 3 is 2.50 bits per heavy atom. The lowest BCUT2D eigenvalue weighted by atomic mass is 9.88. The van der Waals surface area contributed by atoms with Crippen LogP contribution in [0.5, 0.6) is 11.5 Å². The van der Waals surface area contributed by atoms with Crippen molar-refractivity contribution >= 4 is 29.0 Å². The number of ketones is 1. The third kappa shape index (κ3) is 4.40. The molecule has 0 atom stereocenters. The molecule has 34 heavy (non-hydrogen) atoms. The molecule has 1 saturated heterocycles. The Bertz CT molecular complexity index is 1170. The van der Waals surface area contributed by atoms with E-state index in [1.807, 2.05) is 31.2 Å². The maximum Gasteiger partial charge on any atom is 0.270 e. The topological polar surface area (TPSA) is 88.5 Å². The summed E-state index contributed by atoms with van der Waals surface area (Å²) in [6, 6.07) is 12.8. The molecule has 0 unspecified atom stereocenters. The number of ether oxygens (including phenoxy) is 2. The number of hydrogen-bond acceptors (Lipinski definition) is 6. The van der Waals surface area contributed by atoms with E-state index in [1.54, 1.807) is 23.1 Å². The monoisotopic (exact) mass is 461 g/mol. The van der Waals surface area contributed by atoms with Crippen molar-refractivity contribution in [3.8, 4) is 11.5 Å². The molecule has 176 valence electrons. The van der Waals surface area contributed by atoms with Crippen molar-refractivity contribution in [1.29, 1.82) is 0 Å². The van der Waals surface area contributed by atoms with E-state index in [0.29, 0.717) is 74.0 Å². The van der Waals surface area contributed by atoms with E-state index in [-0.39, 0.29) is 29.9 Å².